The zero-order valence-electron chi connectivity index (χ0n) is 9.35. The summed E-state index contributed by atoms with van der Waals surface area (Å²) >= 11 is 0. The topological polar surface area (TPSA) is 72.5 Å². The van der Waals surface area contributed by atoms with Gasteiger partial charge in [-0.15, -0.1) is 0 Å². The number of carboxylic acids is 1. The molecule has 0 aliphatic carbocycles. The summed E-state index contributed by atoms with van der Waals surface area (Å²) in [5.74, 6) is -0.185. The summed E-state index contributed by atoms with van der Waals surface area (Å²) in [6, 6.07) is 7.23. The maximum Gasteiger partial charge on any atom is 0.305 e. The number of hydrogen-bond donors (Lipinski definition) is 2. The molecule has 0 aliphatic heterocycles. The normalized spacial score (nSPS) is 12.1. The van der Waals surface area contributed by atoms with Crippen LogP contribution in [0.4, 0.5) is 0 Å². The molecule has 0 bridgehead atoms. The third kappa shape index (κ3) is 4.31. The molecule has 3 N–H and O–H groups in total. The van der Waals surface area contributed by atoms with E-state index in [0.717, 1.165) is 12.2 Å². The molecule has 1 atom stereocenters. The molecule has 1 unspecified atom stereocenters. The number of rotatable bonds is 6. The second-order valence-corrected chi connectivity index (χ2v) is 3.67. The number of carbonyl (C=O) groups is 1. The van der Waals surface area contributed by atoms with Crippen molar-refractivity contribution in [3.63, 3.8) is 0 Å². The van der Waals surface area contributed by atoms with Crippen molar-refractivity contribution < 1.29 is 14.6 Å². The summed E-state index contributed by atoms with van der Waals surface area (Å²) in [7, 11) is 0. The predicted octanol–water partition coefficient (Wildman–Crippen LogP) is 1.43. The SMILES string of the molecule is CCc1ccc(OCC(N)CC(=O)O)cc1. The van der Waals surface area contributed by atoms with Crippen molar-refractivity contribution in [2.24, 2.45) is 5.73 Å². The van der Waals surface area contributed by atoms with E-state index in [1.54, 1.807) is 0 Å². The molecule has 0 spiro atoms. The Bertz CT molecular complexity index is 335. The molecule has 1 aromatic rings. The summed E-state index contributed by atoms with van der Waals surface area (Å²) in [5, 5.41) is 8.51. The number of aliphatic carboxylic acids is 1. The van der Waals surface area contributed by atoms with Crippen LogP contribution in [0.25, 0.3) is 0 Å². The summed E-state index contributed by atoms with van der Waals surface area (Å²) in [5.41, 5.74) is 6.81. The fraction of sp³-hybridized carbons (Fsp3) is 0.417. The number of hydrogen-bond acceptors (Lipinski definition) is 3. The molecule has 0 saturated carbocycles. The summed E-state index contributed by atoms with van der Waals surface area (Å²) in [4.78, 5) is 10.4. The maximum absolute atomic E-state index is 10.4. The Balaban J connectivity index is 2.39. The lowest BCUT2D eigenvalue weighted by Crippen LogP contribution is -2.30. The van der Waals surface area contributed by atoms with Gasteiger partial charge in [0, 0.05) is 6.04 Å². The van der Waals surface area contributed by atoms with Crippen LogP contribution in [-0.2, 0) is 11.2 Å². The Labute approximate surface area is 95.0 Å². The molecule has 16 heavy (non-hydrogen) atoms. The molecule has 4 heteroatoms. The second kappa shape index (κ2) is 6.12. The Hall–Kier alpha value is -1.55. The number of carboxylic acid groups (broad SMARTS) is 1. The standard InChI is InChI=1S/C12H17NO3/c1-2-9-3-5-11(6-4-9)16-8-10(13)7-12(14)15/h3-6,10H,2,7-8,13H2,1H3,(H,14,15). The first-order valence-electron chi connectivity index (χ1n) is 5.31. The molecule has 4 nitrogen and oxygen atoms in total. The highest BCUT2D eigenvalue weighted by atomic mass is 16.5. The average Bonchev–Trinajstić information content (AvgIpc) is 2.26. The highest BCUT2D eigenvalue weighted by Gasteiger charge is 2.08. The molecule has 0 fully saturated rings. The van der Waals surface area contributed by atoms with Gasteiger partial charge >= 0.3 is 5.97 Å². The van der Waals surface area contributed by atoms with Crippen molar-refractivity contribution in [2.45, 2.75) is 25.8 Å². The Morgan fingerprint density at radius 3 is 2.56 bits per heavy atom. The minimum absolute atomic E-state index is 0.0763. The van der Waals surface area contributed by atoms with Crippen LogP contribution in [-0.4, -0.2) is 23.7 Å². The van der Waals surface area contributed by atoms with Gasteiger partial charge in [0.15, 0.2) is 0 Å². The molecular weight excluding hydrogens is 206 g/mol. The van der Waals surface area contributed by atoms with Gasteiger partial charge < -0.3 is 15.6 Å². The van der Waals surface area contributed by atoms with E-state index in [0.29, 0.717) is 0 Å². The molecule has 0 radical (unpaired) electrons. The average molecular weight is 223 g/mol. The molecule has 0 amide bonds. The van der Waals surface area contributed by atoms with Gasteiger partial charge in [-0.25, -0.2) is 0 Å². The van der Waals surface area contributed by atoms with E-state index in [9.17, 15) is 4.79 Å². The molecule has 0 heterocycles. The predicted molar refractivity (Wildman–Crippen MR) is 61.5 cm³/mol. The van der Waals surface area contributed by atoms with E-state index >= 15 is 0 Å². The maximum atomic E-state index is 10.4. The van der Waals surface area contributed by atoms with Gasteiger partial charge in [0.25, 0.3) is 0 Å². The third-order valence-electron chi connectivity index (χ3n) is 2.23. The smallest absolute Gasteiger partial charge is 0.305 e. The van der Waals surface area contributed by atoms with E-state index in [4.69, 9.17) is 15.6 Å². The second-order valence-electron chi connectivity index (χ2n) is 3.67. The van der Waals surface area contributed by atoms with Crippen molar-refractivity contribution in [1.82, 2.24) is 0 Å². The summed E-state index contributed by atoms with van der Waals surface area (Å²) in [6.07, 6.45) is 0.909. The first-order chi connectivity index (χ1) is 7.61. The molecule has 88 valence electrons. The van der Waals surface area contributed by atoms with E-state index in [-0.39, 0.29) is 13.0 Å². The monoisotopic (exact) mass is 223 g/mol. The van der Waals surface area contributed by atoms with Gasteiger partial charge in [0.1, 0.15) is 12.4 Å². The largest absolute Gasteiger partial charge is 0.492 e. The summed E-state index contributed by atoms with van der Waals surface area (Å²) in [6.45, 7) is 2.30. The fourth-order valence-electron chi connectivity index (χ4n) is 1.31. The lowest BCUT2D eigenvalue weighted by Gasteiger charge is -2.11. The van der Waals surface area contributed by atoms with E-state index < -0.39 is 12.0 Å². The van der Waals surface area contributed by atoms with E-state index in [2.05, 4.69) is 6.92 Å². The lowest BCUT2D eigenvalue weighted by atomic mass is 10.2. The van der Waals surface area contributed by atoms with Crippen molar-refractivity contribution in [2.75, 3.05) is 6.61 Å². The zero-order chi connectivity index (χ0) is 12.0. The van der Waals surface area contributed by atoms with Gasteiger partial charge in [0.05, 0.1) is 6.42 Å². The van der Waals surface area contributed by atoms with Crippen molar-refractivity contribution >= 4 is 5.97 Å². The van der Waals surface area contributed by atoms with Gasteiger partial charge in [-0.05, 0) is 24.1 Å². The van der Waals surface area contributed by atoms with Crippen LogP contribution in [0.1, 0.15) is 18.9 Å². The fourth-order valence-corrected chi connectivity index (χ4v) is 1.31. The van der Waals surface area contributed by atoms with Crippen molar-refractivity contribution in [3.8, 4) is 5.75 Å². The van der Waals surface area contributed by atoms with Crippen LogP contribution in [0.2, 0.25) is 0 Å². The third-order valence-corrected chi connectivity index (χ3v) is 2.23. The van der Waals surface area contributed by atoms with E-state index in [1.165, 1.54) is 5.56 Å². The van der Waals surface area contributed by atoms with Crippen LogP contribution in [0.5, 0.6) is 5.75 Å². The minimum atomic E-state index is -0.905. The Morgan fingerprint density at radius 2 is 2.06 bits per heavy atom. The lowest BCUT2D eigenvalue weighted by molar-refractivity contribution is -0.137. The molecule has 1 aromatic carbocycles. The van der Waals surface area contributed by atoms with Crippen LogP contribution < -0.4 is 10.5 Å². The highest BCUT2D eigenvalue weighted by Crippen LogP contribution is 2.12. The van der Waals surface area contributed by atoms with Gasteiger partial charge in [-0.1, -0.05) is 19.1 Å². The van der Waals surface area contributed by atoms with Crippen LogP contribution >= 0.6 is 0 Å². The Kier molecular flexibility index (Phi) is 4.79. The van der Waals surface area contributed by atoms with E-state index in [1.807, 2.05) is 24.3 Å². The molecule has 0 aliphatic rings. The molecular formula is C12H17NO3. The number of nitrogens with two attached hydrogens (primary N) is 1. The number of benzene rings is 1. The first-order valence-corrected chi connectivity index (χ1v) is 5.31. The van der Waals surface area contributed by atoms with Gasteiger partial charge in [-0.3, -0.25) is 4.79 Å². The molecule has 0 aromatic heterocycles. The van der Waals surface area contributed by atoms with Gasteiger partial charge in [-0.2, -0.15) is 0 Å². The minimum Gasteiger partial charge on any atom is -0.492 e. The van der Waals surface area contributed by atoms with Crippen LogP contribution in [0.15, 0.2) is 24.3 Å². The zero-order valence-corrected chi connectivity index (χ0v) is 9.35. The number of aryl methyl sites for hydroxylation is 1. The van der Waals surface area contributed by atoms with Crippen molar-refractivity contribution in [3.05, 3.63) is 29.8 Å². The quantitative estimate of drug-likeness (QED) is 0.765. The number of ether oxygens (including phenoxy) is 1. The molecule has 0 saturated heterocycles. The Morgan fingerprint density at radius 1 is 1.44 bits per heavy atom. The van der Waals surface area contributed by atoms with Crippen LogP contribution in [0, 0.1) is 0 Å². The highest BCUT2D eigenvalue weighted by molar-refractivity contribution is 5.67. The van der Waals surface area contributed by atoms with Crippen molar-refractivity contribution in [1.29, 1.82) is 0 Å². The summed E-state index contributed by atoms with van der Waals surface area (Å²) < 4.78 is 5.38. The van der Waals surface area contributed by atoms with Crippen LogP contribution in [0.3, 0.4) is 0 Å². The first kappa shape index (κ1) is 12.5. The van der Waals surface area contributed by atoms with Gasteiger partial charge in [0.2, 0.25) is 0 Å². The molecule has 1 rings (SSSR count).